The lowest BCUT2D eigenvalue weighted by molar-refractivity contribution is 0.364. The van der Waals surface area contributed by atoms with Crippen LogP contribution in [0.4, 0.5) is 0 Å². The zero-order valence-electron chi connectivity index (χ0n) is 11.2. The minimum atomic E-state index is 0.755. The molecule has 4 nitrogen and oxygen atoms in total. The lowest BCUT2D eigenvalue weighted by atomic mass is 9.98. The van der Waals surface area contributed by atoms with Crippen molar-refractivity contribution in [1.29, 1.82) is 0 Å². The van der Waals surface area contributed by atoms with Crippen molar-refractivity contribution in [3.05, 3.63) is 10.5 Å². The van der Waals surface area contributed by atoms with Gasteiger partial charge in [0.25, 0.3) is 0 Å². The summed E-state index contributed by atoms with van der Waals surface area (Å²) in [4.78, 5) is 3.30. The van der Waals surface area contributed by atoms with Gasteiger partial charge in [-0.1, -0.05) is 19.8 Å². The van der Waals surface area contributed by atoms with Gasteiger partial charge in [0.15, 0.2) is 10.4 Å². The average molecular weight is 264 g/mol. The van der Waals surface area contributed by atoms with Crippen LogP contribution in [-0.2, 0) is 13.6 Å². The molecule has 5 heteroatoms. The van der Waals surface area contributed by atoms with Gasteiger partial charge in [-0.2, -0.15) is 5.10 Å². The average Bonchev–Trinajstić information content (AvgIpc) is 2.92. The van der Waals surface area contributed by atoms with Crippen molar-refractivity contribution >= 4 is 23.4 Å². The largest absolute Gasteiger partial charge is 0.328 e. The van der Waals surface area contributed by atoms with Crippen molar-refractivity contribution in [1.82, 2.24) is 19.3 Å². The van der Waals surface area contributed by atoms with Crippen LogP contribution in [0.2, 0.25) is 0 Å². The van der Waals surface area contributed by atoms with E-state index in [0.717, 1.165) is 40.0 Å². The first-order valence-corrected chi connectivity index (χ1v) is 7.11. The van der Waals surface area contributed by atoms with Crippen LogP contribution in [0.1, 0.15) is 31.9 Å². The van der Waals surface area contributed by atoms with Gasteiger partial charge in [-0.25, -0.2) is 0 Å². The van der Waals surface area contributed by atoms with E-state index in [-0.39, 0.29) is 0 Å². The predicted octanol–water partition coefficient (Wildman–Crippen LogP) is 3.18. The van der Waals surface area contributed by atoms with E-state index in [9.17, 15) is 0 Å². The van der Waals surface area contributed by atoms with Crippen molar-refractivity contribution in [2.45, 2.75) is 39.7 Å². The van der Waals surface area contributed by atoms with Gasteiger partial charge in [0.2, 0.25) is 0 Å². The number of nitrogens with zero attached hydrogens (tertiary/aromatic N) is 3. The number of H-pyrrole nitrogens is 1. The molecule has 1 aliphatic carbocycles. The van der Waals surface area contributed by atoms with Crippen molar-refractivity contribution in [2.75, 3.05) is 0 Å². The Kier molecular flexibility index (Phi) is 2.81. The summed E-state index contributed by atoms with van der Waals surface area (Å²) in [6, 6.07) is 0. The molecule has 18 heavy (non-hydrogen) atoms. The highest BCUT2D eigenvalue weighted by Gasteiger charge is 2.25. The van der Waals surface area contributed by atoms with Crippen LogP contribution in [0, 0.1) is 23.5 Å². The summed E-state index contributed by atoms with van der Waals surface area (Å²) in [5.74, 6) is 1.57. The first-order chi connectivity index (χ1) is 8.58. The molecule has 0 radical (unpaired) electrons. The Hall–Kier alpha value is -1.10. The molecule has 2 unspecified atom stereocenters. The third-order valence-corrected chi connectivity index (χ3v) is 4.70. The first kappa shape index (κ1) is 12.0. The van der Waals surface area contributed by atoms with Gasteiger partial charge >= 0.3 is 0 Å². The molecule has 2 heterocycles. The topological polar surface area (TPSA) is 38.5 Å². The smallest absolute Gasteiger partial charge is 0.179 e. The molecule has 1 aliphatic rings. The van der Waals surface area contributed by atoms with Crippen LogP contribution in [0.15, 0.2) is 0 Å². The summed E-state index contributed by atoms with van der Waals surface area (Å²) < 4.78 is 5.01. The summed E-state index contributed by atoms with van der Waals surface area (Å²) in [7, 11) is 1.99. The summed E-state index contributed by atoms with van der Waals surface area (Å²) in [6.45, 7) is 5.41. The van der Waals surface area contributed by atoms with Crippen molar-refractivity contribution < 1.29 is 0 Å². The van der Waals surface area contributed by atoms with Gasteiger partial charge in [-0.15, -0.1) is 0 Å². The van der Waals surface area contributed by atoms with Crippen LogP contribution in [0.3, 0.4) is 0 Å². The van der Waals surface area contributed by atoms with E-state index < -0.39 is 0 Å². The highest BCUT2D eigenvalue weighted by Crippen LogP contribution is 2.33. The normalized spacial score (nSPS) is 24.2. The number of aromatic nitrogens is 4. The Labute approximate surface area is 112 Å². The maximum absolute atomic E-state index is 5.47. The Morgan fingerprint density at radius 3 is 2.89 bits per heavy atom. The van der Waals surface area contributed by atoms with E-state index in [1.54, 1.807) is 0 Å². The molecule has 0 spiro atoms. The number of hydrogen-bond donors (Lipinski definition) is 1. The number of aryl methyl sites for hydroxylation is 2. The zero-order valence-corrected chi connectivity index (χ0v) is 12.0. The monoisotopic (exact) mass is 264 g/mol. The van der Waals surface area contributed by atoms with Gasteiger partial charge in [-0.3, -0.25) is 4.68 Å². The molecule has 1 N–H and O–H groups in total. The highest BCUT2D eigenvalue weighted by molar-refractivity contribution is 7.71. The standard InChI is InChI=1S/C13H20N4S/c1-8-5-4-6-10(8)7-17-12-11(14-13(17)18)9(2)15-16(12)3/h8,10H,4-7H2,1-3H3,(H,14,18). The fourth-order valence-electron chi connectivity index (χ4n) is 3.27. The number of nitrogens with one attached hydrogen (secondary N) is 1. The predicted molar refractivity (Wildman–Crippen MR) is 75.1 cm³/mol. The SMILES string of the molecule is Cc1nn(C)c2c1[nH]c(=S)n2CC1CCCC1C. The Morgan fingerprint density at radius 2 is 2.22 bits per heavy atom. The second-order valence-electron chi connectivity index (χ2n) is 5.62. The minimum Gasteiger partial charge on any atom is -0.328 e. The Morgan fingerprint density at radius 1 is 1.44 bits per heavy atom. The Bertz CT molecular complexity index is 633. The number of imidazole rings is 1. The van der Waals surface area contributed by atoms with Gasteiger partial charge in [0.05, 0.1) is 5.69 Å². The van der Waals surface area contributed by atoms with E-state index >= 15 is 0 Å². The lowest BCUT2D eigenvalue weighted by Crippen LogP contribution is -2.14. The first-order valence-electron chi connectivity index (χ1n) is 6.70. The van der Waals surface area contributed by atoms with Crippen LogP contribution < -0.4 is 0 Å². The molecule has 0 saturated heterocycles. The third kappa shape index (κ3) is 1.72. The van der Waals surface area contributed by atoms with Gasteiger partial charge in [0, 0.05) is 13.6 Å². The molecule has 3 rings (SSSR count). The summed E-state index contributed by atoms with van der Waals surface area (Å²) in [6.07, 6.45) is 4.04. The molecule has 1 fully saturated rings. The molecule has 0 aliphatic heterocycles. The number of rotatable bonds is 2. The summed E-state index contributed by atoms with van der Waals surface area (Å²) in [5.41, 5.74) is 3.25. The van der Waals surface area contributed by atoms with E-state index in [4.69, 9.17) is 12.2 Å². The molecule has 2 aromatic rings. The maximum atomic E-state index is 5.47. The molecule has 2 aromatic heterocycles. The molecule has 2 atom stereocenters. The van der Waals surface area contributed by atoms with Crippen molar-refractivity contribution in [2.24, 2.45) is 18.9 Å². The number of aromatic amines is 1. The Balaban J connectivity index is 2.05. The fourth-order valence-corrected chi connectivity index (χ4v) is 3.53. The molecule has 0 aromatic carbocycles. The number of fused-ring (bicyclic) bond motifs is 1. The van der Waals surface area contributed by atoms with Crippen LogP contribution >= 0.6 is 12.2 Å². The molecular formula is C13H20N4S. The molecule has 98 valence electrons. The van der Waals surface area contributed by atoms with Crippen LogP contribution in [0.25, 0.3) is 11.2 Å². The van der Waals surface area contributed by atoms with E-state index in [1.165, 1.54) is 19.3 Å². The van der Waals surface area contributed by atoms with Crippen LogP contribution in [0.5, 0.6) is 0 Å². The van der Waals surface area contributed by atoms with E-state index in [2.05, 4.69) is 21.6 Å². The summed E-state index contributed by atoms with van der Waals surface area (Å²) >= 11 is 5.47. The van der Waals surface area contributed by atoms with Gasteiger partial charge < -0.3 is 9.55 Å². The van der Waals surface area contributed by atoms with Crippen molar-refractivity contribution in [3.63, 3.8) is 0 Å². The maximum Gasteiger partial charge on any atom is 0.179 e. The van der Waals surface area contributed by atoms with E-state index in [0.29, 0.717) is 0 Å². The molecule has 1 saturated carbocycles. The van der Waals surface area contributed by atoms with Crippen LogP contribution in [-0.4, -0.2) is 19.3 Å². The van der Waals surface area contributed by atoms with Gasteiger partial charge in [0.1, 0.15) is 5.52 Å². The third-order valence-electron chi connectivity index (χ3n) is 4.38. The van der Waals surface area contributed by atoms with E-state index in [1.807, 2.05) is 18.7 Å². The second kappa shape index (κ2) is 4.23. The zero-order chi connectivity index (χ0) is 12.9. The number of hydrogen-bond acceptors (Lipinski definition) is 2. The lowest BCUT2D eigenvalue weighted by Gasteiger charge is -2.16. The highest BCUT2D eigenvalue weighted by atomic mass is 32.1. The molecule has 0 amide bonds. The molecule has 0 bridgehead atoms. The second-order valence-corrected chi connectivity index (χ2v) is 6.00. The summed E-state index contributed by atoms with van der Waals surface area (Å²) in [5, 5.41) is 4.46. The minimum absolute atomic E-state index is 0.755. The van der Waals surface area contributed by atoms with Gasteiger partial charge in [-0.05, 0) is 37.4 Å². The quantitative estimate of drug-likeness (QED) is 0.846. The molecular weight excluding hydrogens is 244 g/mol. The van der Waals surface area contributed by atoms with Crippen molar-refractivity contribution in [3.8, 4) is 0 Å². The fraction of sp³-hybridized carbons (Fsp3) is 0.692.